The molecule has 1 aliphatic rings. The van der Waals surface area contributed by atoms with Crippen LogP contribution in [0.25, 0.3) is 0 Å². The molecular weight excluding hydrogens is 370 g/mol. The summed E-state index contributed by atoms with van der Waals surface area (Å²) in [6.07, 6.45) is 0.901. The number of likely N-dealkylation sites (N-methyl/N-ethyl adjacent to an activating group) is 1. The number of hydrogen-bond acceptors (Lipinski definition) is 5. The van der Waals surface area contributed by atoms with Crippen LogP contribution in [0.15, 0.2) is 29.3 Å². The van der Waals surface area contributed by atoms with Crippen LogP contribution in [-0.2, 0) is 9.53 Å². The molecule has 0 aliphatic carbocycles. The maximum absolute atomic E-state index is 12.0. The maximum Gasteiger partial charge on any atom is 0.243 e. The van der Waals surface area contributed by atoms with Gasteiger partial charge in [-0.15, -0.1) is 0 Å². The molecule has 0 bridgehead atoms. The molecule has 1 aromatic rings. The number of amides is 1. The van der Waals surface area contributed by atoms with Crippen molar-refractivity contribution in [2.24, 2.45) is 4.99 Å². The standard InChI is InChI=1S/C21H35N5O3/c1-5-29-15-7-10-22-21(23-17-20(27)24(2)3)26-13-11-25(12-14-26)18-8-6-9-19(16-18)28-4/h6,8-9,16H,5,7,10-15,17H2,1-4H3,(H,22,23). The van der Waals surface area contributed by atoms with Crippen LogP contribution in [0.4, 0.5) is 5.69 Å². The predicted octanol–water partition coefficient (Wildman–Crippen LogP) is 1.28. The molecule has 0 unspecified atom stereocenters. The van der Waals surface area contributed by atoms with E-state index in [2.05, 4.69) is 32.2 Å². The third-order valence-electron chi connectivity index (χ3n) is 4.81. The second-order valence-electron chi connectivity index (χ2n) is 7.08. The fraction of sp³-hybridized carbons (Fsp3) is 0.619. The first kappa shape index (κ1) is 22.8. The Morgan fingerprint density at radius 1 is 1.24 bits per heavy atom. The number of piperazine rings is 1. The molecule has 1 N–H and O–H groups in total. The van der Waals surface area contributed by atoms with E-state index < -0.39 is 0 Å². The van der Waals surface area contributed by atoms with E-state index in [1.807, 2.05) is 19.1 Å². The molecule has 162 valence electrons. The molecule has 0 spiro atoms. The Balaban J connectivity index is 1.95. The zero-order chi connectivity index (χ0) is 21.1. The smallest absolute Gasteiger partial charge is 0.243 e. The van der Waals surface area contributed by atoms with Crippen molar-refractivity contribution < 1.29 is 14.3 Å². The van der Waals surface area contributed by atoms with Gasteiger partial charge in [0.2, 0.25) is 5.91 Å². The second kappa shape index (κ2) is 12.2. The summed E-state index contributed by atoms with van der Waals surface area (Å²) in [6, 6.07) is 8.14. The van der Waals surface area contributed by atoms with Crippen LogP contribution < -0.4 is 15.0 Å². The fourth-order valence-electron chi connectivity index (χ4n) is 3.05. The van der Waals surface area contributed by atoms with E-state index in [0.717, 1.165) is 69.8 Å². The van der Waals surface area contributed by atoms with Gasteiger partial charge in [0.05, 0.1) is 7.11 Å². The van der Waals surface area contributed by atoms with E-state index in [4.69, 9.17) is 9.47 Å². The molecule has 0 radical (unpaired) electrons. The lowest BCUT2D eigenvalue weighted by molar-refractivity contribution is -0.127. The van der Waals surface area contributed by atoms with E-state index in [1.165, 1.54) is 0 Å². The van der Waals surface area contributed by atoms with Crippen LogP contribution in [-0.4, -0.2) is 95.4 Å². The van der Waals surface area contributed by atoms with E-state index in [1.54, 1.807) is 26.1 Å². The van der Waals surface area contributed by atoms with Gasteiger partial charge >= 0.3 is 0 Å². The number of hydrogen-bond donors (Lipinski definition) is 1. The molecule has 1 saturated heterocycles. The van der Waals surface area contributed by atoms with Crippen LogP contribution in [0.2, 0.25) is 0 Å². The molecule has 1 aliphatic heterocycles. The van der Waals surface area contributed by atoms with Crippen molar-refractivity contribution in [1.29, 1.82) is 0 Å². The van der Waals surface area contributed by atoms with Gasteiger partial charge in [0.15, 0.2) is 5.96 Å². The minimum absolute atomic E-state index is 0.00590. The SMILES string of the molecule is CCOCCCNC(=NCC(=O)N(C)C)N1CCN(c2cccc(OC)c2)CC1. The zero-order valence-corrected chi connectivity index (χ0v) is 18.2. The quantitative estimate of drug-likeness (QED) is 0.379. The van der Waals surface area contributed by atoms with Crippen LogP contribution in [0, 0.1) is 0 Å². The number of nitrogens with one attached hydrogen (secondary N) is 1. The highest BCUT2D eigenvalue weighted by Crippen LogP contribution is 2.22. The number of nitrogens with zero attached hydrogens (tertiary/aromatic N) is 4. The van der Waals surface area contributed by atoms with Crippen LogP contribution in [0.3, 0.4) is 0 Å². The molecule has 1 heterocycles. The highest BCUT2D eigenvalue weighted by Gasteiger charge is 2.20. The Morgan fingerprint density at radius 3 is 2.66 bits per heavy atom. The van der Waals surface area contributed by atoms with Crippen molar-refractivity contribution in [2.75, 3.05) is 78.6 Å². The van der Waals surface area contributed by atoms with E-state index in [9.17, 15) is 4.79 Å². The van der Waals surface area contributed by atoms with Gasteiger partial charge in [-0.1, -0.05) is 6.07 Å². The molecule has 1 aromatic carbocycles. The number of anilines is 1. The average Bonchev–Trinajstić information content (AvgIpc) is 2.75. The topological polar surface area (TPSA) is 69.6 Å². The molecule has 8 nitrogen and oxygen atoms in total. The van der Waals surface area contributed by atoms with Crippen molar-refractivity contribution in [3.05, 3.63) is 24.3 Å². The van der Waals surface area contributed by atoms with Crippen LogP contribution >= 0.6 is 0 Å². The molecule has 8 heteroatoms. The van der Waals surface area contributed by atoms with Crippen molar-refractivity contribution in [1.82, 2.24) is 15.1 Å². The number of methoxy groups -OCH3 is 1. The molecule has 0 atom stereocenters. The van der Waals surface area contributed by atoms with Crippen molar-refractivity contribution in [3.63, 3.8) is 0 Å². The fourth-order valence-corrected chi connectivity index (χ4v) is 3.05. The second-order valence-corrected chi connectivity index (χ2v) is 7.08. The Labute approximate surface area is 174 Å². The number of guanidine groups is 1. The number of carbonyl (C=O) groups excluding carboxylic acids is 1. The van der Waals surface area contributed by atoms with Gasteiger partial charge in [0, 0.05) is 71.8 Å². The van der Waals surface area contributed by atoms with Crippen LogP contribution in [0.5, 0.6) is 5.75 Å². The number of benzene rings is 1. The molecule has 1 amide bonds. The number of aliphatic imine (C=N–C) groups is 1. The lowest BCUT2D eigenvalue weighted by atomic mass is 10.2. The van der Waals surface area contributed by atoms with Crippen molar-refractivity contribution in [2.45, 2.75) is 13.3 Å². The molecule has 29 heavy (non-hydrogen) atoms. The normalized spacial score (nSPS) is 14.7. The van der Waals surface area contributed by atoms with E-state index in [-0.39, 0.29) is 12.5 Å². The molecule has 0 saturated carbocycles. The lowest BCUT2D eigenvalue weighted by Gasteiger charge is -2.38. The summed E-state index contributed by atoms with van der Waals surface area (Å²) in [5.74, 6) is 1.65. The maximum atomic E-state index is 12.0. The summed E-state index contributed by atoms with van der Waals surface area (Å²) < 4.78 is 10.7. The number of carbonyl (C=O) groups is 1. The minimum atomic E-state index is -0.00590. The summed E-state index contributed by atoms with van der Waals surface area (Å²) in [5.41, 5.74) is 1.16. The first-order chi connectivity index (χ1) is 14.0. The molecule has 0 aromatic heterocycles. The van der Waals surface area contributed by atoms with E-state index >= 15 is 0 Å². The zero-order valence-electron chi connectivity index (χ0n) is 18.2. The van der Waals surface area contributed by atoms with E-state index in [0.29, 0.717) is 0 Å². The number of rotatable bonds is 9. The highest BCUT2D eigenvalue weighted by atomic mass is 16.5. The lowest BCUT2D eigenvalue weighted by Crippen LogP contribution is -2.53. The van der Waals surface area contributed by atoms with Gasteiger partial charge < -0.3 is 29.5 Å². The minimum Gasteiger partial charge on any atom is -0.497 e. The first-order valence-corrected chi connectivity index (χ1v) is 10.2. The van der Waals surface area contributed by atoms with Gasteiger partial charge in [-0.05, 0) is 25.5 Å². The summed E-state index contributed by atoms with van der Waals surface area (Å²) in [7, 11) is 5.19. The van der Waals surface area contributed by atoms with Crippen LogP contribution in [0.1, 0.15) is 13.3 Å². The third kappa shape index (κ3) is 7.45. The Kier molecular flexibility index (Phi) is 9.56. The monoisotopic (exact) mass is 405 g/mol. The third-order valence-corrected chi connectivity index (χ3v) is 4.81. The Hall–Kier alpha value is -2.48. The molecular formula is C21H35N5O3. The van der Waals surface area contributed by atoms with Crippen molar-refractivity contribution in [3.8, 4) is 5.75 Å². The van der Waals surface area contributed by atoms with Gasteiger partial charge in [-0.25, -0.2) is 4.99 Å². The summed E-state index contributed by atoms with van der Waals surface area (Å²) in [6.45, 7) is 7.80. The summed E-state index contributed by atoms with van der Waals surface area (Å²) >= 11 is 0. The molecule has 1 fully saturated rings. The molecule has 2 rings (SSSR count). The highest BCUT2D eigenvalue weighted by molar-refractivity contribution is 5.85. The average molecular weight is 406 g/mol. The van der Waals surface area contributed by atoms with Crippen molar-refractivity contribution >= 4 is 17.6 Å². The first-order valence-electron chi connectivity index (χ1n) is 10.2. The summed E-state index contributed by atoms with van der Waals surface area (Å²) in [5, 5.41) is 3.40. The van der Waals surface area contributed by atoms with Gasteiger partial charge in [0.25, 0.3) is 0 Å². The largest absolute Gasteiger partial charge is 0.497 e. The number of ether oxygens (including phenoxy) is 2. The Morgan fingerprint density at radius 2 is 2.00 bits per heavy atom. The van der Waals surface area contributed by atoms with Gasteiger partial charge in [0.1, 0.15) is 12.3 Å². The summed E-state index contributed by atoms with van der Waals surface area (Å²) in [4.78, 5) is 22.7. The van der Waals surface area contributed by atoms with Gasteiger partial charge in [-0.3, -0.25) is 4.79 Å². The van der Waals surface area contributed by atoms with Gasteiger partial charge in [-0.2, -0.15) is 0 Å². The predicted molar refractivity (Wildman–Crippen MR) is 117 cm³/mol. The Bertz CT molecular complexity index is 657.